The highest BCUT2D eigenvalue weighted by Crippen LogP contribution is 2.25. The van der Waals surface area contributed by atoms with Crippen molar-refractivity contribution >= 4 is 17.3 Å². The number of nitro groups is 1. The highest BCUT2D eigenvalue weighted by atomic mass is 16.6. The lowest BCUT2D eigenvalue weighted by Gasteiger charge is -2.09. The van der Waals surface area contributed by atoms with Crippen LogP contribution < -0.4 is 5.32 Å². The number of rotatable bonds is 8. The fraction of sp³-hybridized carbons (Fsp3) is 0.462. The zero-order valence-corrected chi connectivity index (χ0v) is 11.5. The molecule has 0 fully saturated rings. The van der Waals surface area contributed by atoms with Crippen LogP contribution in [0.25, 0.3) is 0 Å². The van der Waals surface area contributed by atoms with Gasteiger partial charge in [0.2, 0.25) is 0 Å². The van der Waals surface area contributed by atoms with Crippen molar-refractivity contribution in [3.63, 3.8) is 0 Å². The fourth-order valence-corrected chi connectivity index (χ4v) is 1.55. The van der Waals surface area contributed by atoms with Gasteiger partial charge in [0.25, 0.3) is 5.69 Å². The molecule has 20 heavy (non-hydrogen) atoms. The molecule has 0 unspecified atom stereocenters. The van der Waals surface area contributed by atoms with Gasteiger partial charge in [0, 0.05) is 19.2 Å². The van der Waals surface area contributed by atoms with Crippen molar-refractivity contribution in [2.45, 2.75) is 13.8 Å². The van der Waals surface area contributed by atoms with Gasteiger partial charge in [0.05, 0.1) is 17.1 Å². The van der Waals surface area contributed by atoms with Crippen LogP contribution in [0.4, 0.5) is 11.4 Å². The Bertz CT molecular complexity index is 488. The lowest BCUT2D eigenvalue weighted by atomic mass is 10.1. The molecular weight excluding hydrogens is 264 g/mol. The molecular formula is C13H18N2O5. The zero-order chi connectivity index (χ0) is 15.1. The van der Waals surface area contributed by atoms with E-state index < -0.39 is 10.9 Å². The minimum atomic E-state index is -1.13. The molecule has 1 aromatic carbocycles. The van der Waals surface area contributed by atoms with Crippen molar-refractivity contribution in [3.8, 4) is 0 Å². The van der Waals surface area contributed by atoms with Gasteiger partial charge < -0.3 is 15.2 Å². The first kappa shape index (κ1) is 15.9. The van der Waals surface area contributed by atoms with Gasteiger partial charge in [-0.25, -0.2) is 4.79 Å². The monoisotopic (exact) mass is 282 g/mol. The van der Waals surface area contributed by atoms with Crippen molar-refractivity contribution < 1.29 is 19.6 Å². The minimum Gasteiger partial charge on any atom is -0.478 e. The Morgan fingerprint density at radius 3 is 2.75 bits per heavy atom. The second-order valence-corrected chi connectivity index (χ2v) is 4.69. The van der Waals surface area contributed by atoms with Gasteiger partial charge in [-0.1, -0.05) is 13.8 Å². The summed E-state index contributed by atoms with van der Waals surface area (Å²) in [4.78, 5) is 21.2. The molecule has 7 heteroatoms. The number of hydrogen-bond acceptors (Lipinski definition) is 5. The maximum atomic E-state index is 10.9. The van der Waals surface area contributed by atoms with E-state index in [1.165, 1.54) is 18.2 Å². The van der Waals surface area contributed by atoms with Gasteiger partial charge >= 0.3 is 5.97 Å². The Kier molecular flexibility index (Phi) is 5.92. The number of carbonyl (C=O) groups is 1. The first-order valence-electron chi connectivity index (χ1n) is 6.25. The second-order valence-electron chi connectivity index (χ2n) is 4.69. The van der Waals surface area contributed by atoms with Crippen LogP contribution in [0.3, 0.4) is 0 Å². The van der Waals surface area contributed by atoms with Crippen LogP contribution in [-0.4, -0.2) is 35.8 Å². The molecule has 0 atom stereocenters. The molecule has 0 saturated carbocycles. The molecule has 1 rings (SSSR count). The van der Waals surface area contributed by atoms with E-state index in [-0.39, 0.29) is 16.9 Å². The standard InChI is InChI=1S/C13H18N2O5/c1-9(2)8-20-6-5-14-11-7-10(13(16)17)3-4-12(11)15(18)19/h3-4,7,9,14H,5-6,8H2,1-2H3,(H,16,17). The molecule has 0 amide bonds. The predicted molar refractivity (Wildman–Crippen MR) is 74.2 cm³/mol. The van der Waals surface area contributed by atoms with Crippen molar-refractivity contribution in [1.29, 1.82) is 0 Å². The number of ether oxygens (including phenoxy) is 1. The van der Waals surface area contributed by atoms with Crippen LogP contribution in [0.1, 0.15) is 24.2 Å². The highest BCUT2D eigenvalue weighted by molar-refractivity contribution is 5.90. The van der Waals surface area contributed by atoms with Gasteiger partial charge in [-0.3, -0.25) is 10.1 Å². The fourth-order valence-electron chi connectivity index (χ4n) is 1.55. The molecule has 110 valence electrons. The number of anilines is 1. The SMILES string of the molecule is CC(C)COCCNc1cc(C(=O)O)ccc1[N+](=O)[O-]. The Labute approximate surface area is 116 Å². The van der Waals surface area contributed by atoms with Crippen molar-refractivity contribution in [1.82, 2.24) is 0 Å². The number of benzene rings is 1. The molecule has 0 aliphatic heterocycles. The molecule has 0 radical (unpaired) electrons. The lowest BCUT2D eigenvalue weighted by molar-refractivity contribution is -0.384. The van der Waals surface area contributed by atoms with Crippen LogP contribution in [0.5, 0.6) is 0 Å². The third kappa shape index (κ3) is 4.85. The predicted octanol–water partition coefficient (Wildman–Crippen LogP) is 2.38. The zero-order valence-electron chi connectivity index (χ0n) is 11.5. The first-order valence-corrected chi connectivity index (χ1v) is 6.25. The highest BCUT2D eigenvalue weighted by Gasteiger charge is 2.16. The summed E-state index contributed by atoms with van der Waals surface area (Å²) in [5, 5.41) is 22.6. The molecule has 0 aliphatic carbocycles. The van der Waals surface area contributed by atoms with Crippen LogP contribution in [0.2, 0.25) is 0 Å². The van der Waals surface area contributed by atoms with Gasteiger partial charge in [-0.2, -0.15) is 0 Å². The maximum Gasteiger partial charge on any atom is 0.335 e. The molecule has 1 aromatic rings. The molecule has 0 bridgehead atoms. The molecule has 0 spiro atoms. The van der Waals surface area contributed by atoms with Crippen LogP contribution in [0.15, 0.2) is 18.2 Å². The molecule has 0 heterocycles. The van der Waals surface area contributed by atoms with Crippen molar-refractivity contribution in [3.05, 3.63) is 33.9 Å². The smallest absolute Gasteiger partial charge is 0.335 e. The summed E-state index contributed by atoms with van der Waals surface area (Å²) < 4.78 is 5.35. The molecule has 7 nitrogen and oxygen atoms in total. The quantitative estimate of drug-likeness (QED) is 0.431. The number of carboxylic acids is 1. The summed E-state index contributed by atoms with van der Waals surface area (Å²) in [6, 6.07) is 3.64. The summed E-state index contributed by atoms with van der Waals surface area (Å²) in [5.74, 6) is -0.710. The summed E-state index contributed by atoms with van der Waals surface area (Å²) in [6.07, 6.45) is 0. The Hall–Kier alpha value is -2.15. The topological polar surface area (TPSA) is 102 Å². The molecule has 2 N–H and O–H groups in total. The van der Waals surface area contributed by atoms with E-state index >= 15 is 0 Å². The summed E-state index contributed by atoms with van der Waals surface area (Å²) >= 11 is 0. The number of nitrogens with zero attached hydrogens (tertiary/aromatic N) is 1. The number of nitrogens with one attached hydrogen (secondary N) is 1. The van der Waals surface area contributed by atoms with Crippen molar-refractivity contribution in [2.75, 3.05) is 25.1 Å². The summed E-state index contributed by atoms with van der Waals surface area (Å²) in [6.45, 7) is 5.42. The average Bonchev–Trinajstić information content (AvgIpc) is 2.37. The average molecular weight is 282 g/mol. The van der Waals surface area contributed by atoms with E-state index in [0.717, 1.165) is 0 Å². The van der Waals surface area contributed by atoms with E-state index in [9.17, 15) is 14.9 Å². The molecule has 0 saturated heterocycles. The largest absolute Gasteiger partial charge is 0.478 e. The van der Waals surface area contributed by atoms with E-state index in [1.807, 2.05) is 13.8 Å². The number of carboxylic acid groups (broad SMARTS) is 1. The van der Waals surface area contributed by atoms with E-state index in [0.29, 0.717) is 25.7 Å². The van der Waals surface area contributed by atoms with E-state index in [2.05, 4.69) is 5.32 Å². The van der Waals surface area contributed by atoms with Crippen LogP contribution >= 0.6 is 0 Å². The maximum absolute atomic E-state index is 10.9. The normalized spacial score (nSPS) is 10.6. The molecule has 0 aliphatic rings. The Morgan fingerprint density at radius 1 is 1.50 bits per heavy atom. The van der Waals surface area contributed by atoms with Gasteiger partial charge in [-0.15, -0.1) is 0 Å². The van der Waals surface area contributed by atoms with Gasteiger partial charge in [-0.05, 0) is 18.1 Å². The third-order valence-electron chi connectivity index (χ3n) is 2.45. The lowest BCUT2D eigenvalue weighted by Crippen LogP contribution is -2.13. The van der Waals surface area contributed by atoms with Crippen LogP contribution in [-0.2, 0) is 4.74 Å². The third-order valence-corrected chi connectivity index (χ3v) is 2.45. The summed E-state index contributed by atoms with van der Waals surface area (Å²) in [5.41, 5.74) is 0.0307. The molecule has 0 aromatic heterocycles. The number of hydrogen-bond donors (Lipinski definition) is 2. The Balaban J connectivity index is 2.68. The number of aromatic carboxylic acids is 1. The number of nitro benzene ring substituents is 1. The van der Waals surface area contributed by atoms with E-state index in [1.54, 1.807) is 0 Å². The van der Waals surface area contributed by atoms with Gasteiger partial charge in [0.1, 0.15) is 5.69 Å². The van der Waals surface area contributed by atoms with E-state index in [4.69, 9.17) is 9.84 Å². The Morgan fingerprint density at radius 2 is 2.20 bits per heavy atom. The first-order chi connectivity index (χ1) is 9.41. The summed E-state index contributed by atoms with van der Waals surface area (Å²) in [7, 11) is 0. The van der Waals surface area contributed by atoms with Gasteiger partial charge in [0.15, 0.2) is 0 Å². The minimum absolute atomic E-state index is 0.00111. The van der Waals surface area contributed by atoms with Crippen LogP contribution in [0, 0.1) is 16.0 Å². The second kappa shape index (κ2) is 7.44. The van der Waals surface area contributed by atoms with Crippen molar-refractivity contribution in [2.24, 2.45) is 5.92 Å².